The van der Waals surface area contributed by atoms with Crippen LogP contribution in [0.15, 0.2) is 47.4 Å². The first-order valence-electron chi connectivity index (χ1n) is 9.25. The van der Waals surface area contributed by atoms with E-state index in [1.54, 1.807) is 30.3 Å². The van der Waals surface area contributed by atoms with Gasteiger partial charge >= 0.3 is 0 Å². The molecule has 6 heteroatoms. The van der Waals surface area contributed by atoms with E-state index in [-0.39, 0.29) is 17.2 Å². The van der Waals surface area contributed by atoms with Crippen molar-refractivity contribution in [1.82, 2.24) is 9.47 Å². The second-order valence-corrected chi connectivity index (χ2v) is 7.39. The van der Waals surface area contributed by atoms with Crippen LogP contribution >= 0.6 is 0 Å². The normalized spacial score (nSPS) is 22.1. The van der Waals surface area contributed by atoms with Crippen molar-refractivity contribution >= 4 is 11.7 Å². The number of carbonyl (C=O) groups is 2. The van der Waals surface area contributed by atoms with Gasteiger partial charge in [0.1, 0.15) is 11.4 Å². The molecule has 0 N–H and O–H groups in total. The van der Waals surface area contributed by atoms with Crippen LogP contribution in [-0.2, 0) is 7.05 Å². The van der Waals surface area contributed by atoms with Crippen molar-refractivity contribution in [1.29, 1.82) is 0 Å². The van der Waals surface area contributed by atoms with Crippen LogP contribution in [0.4, 0.5) is 0 Å². The first kappa shape index (κ1) is 17.5. The fraction of sp³-hybridized carbons (Fsp3) is 0.381. The average Bonchev–Trinajstić information content (AvgIpc) is 2.86. The molecule has 140 valence electrons. The van der Waals surface area contributed by atoms with Crippen LogP contribution in [0.2, 0.25) is 0 Å². The summed E-state index contributed by atoms with van der Waals surface area (Å²) in [7, 11) is 1.65. The van der Waals surface area contributed by atoms with Gasteiger partial charge in [-0.2, -0.15) is 0 Å². The number of para-hydroxylation sites is 1. The molecular formula is C21H22N2O4. The molecule has 0 aliphatic carbocycles. The number of amides is 1. The molecule has 3 heterocycles. The summed E-state index contributed by atoms with van der Waals surface area (Å²) < 4.78 is 7.70. The van der Waals surface area contributed by atoms with E-state index >= 15 is 0 Å². The van der Waals surface area contributed by atoms with Crippen molar-refractivity contribution in [2.75, 3.05) is 13.1 Å². The maximum Gasteiger partial charge on any atom is 0.254 e. The van der Waals surface area contributed by atoms with Gasteiger partial charge in [0.25, 0.3) is 11.5 Å². The number of likely N-dealkylation sites (tertiary alicyclic amines) is 1. The number of pyridine rings is 1. The topological polar surface area (TPSA) is 68.6 Å². The predicted molar refractivity (Wildman–Crippen MR) is 100 cm³/mol. The van der Waals surface area contributed by atoms with E-state index in [4.69, 9.17) is 4.74 Å². The molecular weight excluding hydrogens is 344 g/mol. The molecule has 6 nitrogen and oxygen atoms in total. The van der Waals surface area contributed by atoms with Crippen molar-refractivity contribution < 1.29 is 14.3 Å². The van der Waals surface area contributed by atoms with Gasteiger partial charge in [-0.3, -0.25) is 14.4 Å². The number of Topliss-reactive ketones (excluding diaryl/α,β-unsaturated/α-hetero) is 1. The number of aryl methyl sites for hydroxylation is 1. The van der Waals surface area contributed by atoms with E-state index in [0.29, 0.717) is 42.8 Å². The third-order valence-corrected chi connectivity index (χ3v) is 5.53. The van der Waals surface area contributed by atoms with E-state index < -0.39 is 5.60 Å². The van der Waals surface area contributed by atoms with Crippen molar-refractivity contribution in [3.8, 4) is 5.75 Å². The number of hydrogen-bond acceptors (Lipinski definition) is 4. The number of benzene rings is 1. The summed E-state index contributed by atoms with van der Waals surface area (Å²) in [6, 6.07) is 10.4. The summed E-state index contributed by atoms with van der Waals surface area (Å²) in [4.78, 5) is 39.0. The predicted octanol–water partition coefficient (Wildman–Crippen LogP) is 2.42. The lowest BCUT2D eigenvalue weighted by atomic mass is 9.84. The van der Waals surface area contributed by atoms with Gasteiger partial charge in [-0.1, -0.05) is 12.1 Å². The lowest BCUT2D eigenvalue weighted by Gasteiger charge is -2.37. The highest BCUT2D eigenvalue weighted by Gasteiger charge is 2.42. The number of aromatic nitrogens is 1. The van der Waals surface area contributed by atoms with Crippen LogP contribution in [0.25, 0.3) is 0 Å². The van der Waals surface area contributed by atoms with E-state index in [1.807, 2.05) is 18.2 Å². The van der Waals surface area contributed by atoms with Gasteiger partial charge in [0.2, 0.25) is 0 Å². The summed E-state index contributed by atoms with van der Waals surface area (Å²) in [5.41, 5.74) is 0.290. The Bertz CT molecular complexity index is 965. The molecule has 0 saturated carbocycles. The molecule has 1 saturated heterocycles. The third kappa shape index (κ3) is 3.27. The number of nitrogens with zero attached hydrogens (tertiary/aromatic N) is 2. The molecule has 1 fully saturated rings. The van der Waals surface area contributed by atoms with E-state index in [9.17, 15) is 14.4 Å². The summed E-state index contributed by atoms with van der Waals surface area (Å²) in [5.74, 6) is 0.593. The number of carbonyl (C=O) groups excluding carboxylic acids is 2. The van der Waals surface area contributed by atoms with Gasteiger partial charge in [0.05, 0.1) is 12.0 Å². The summed E-state index contributed by atoms with van der Waals surface area (Å²) in [6.45, 7) is 1.10. The molecule has 0 bridgehead atoms. The summed E-state index contributed by atoms with van der Waals surface area (Å²) in [5, 5.41) is 0. The summed E-state index contributed by atoms with van der Waals surface area (Å²) >= 11 is 0. The van der Waals surface area contributed by atoms with E-state index in [2.05, 4.69) is 0 Å². The zero-order chi connectivity index (χ0) is 19.0. The molecule has 0 radical (unpaired) electrons. The zero-order valence-electron chi connectivity index (χ0n) is 15.3. The molecule has 1 aromatic heterocycles. The van der Waals surface area contributed by atoms with Gasteiger partial charge in [-0.25, -0.2) is 0 Å². The van der Waals surface area contributed by atoms with Crippen molar-refractivity contribution in [3.05, 3.63) is 64.1 Å². The first-order chi connectivity index (χ1) is 13.0. The quantitative estimate of drug-likeness (QED) is 0.777. The SMILES string of the molecule is Cn1ccc(C(=O)N2CCCC3(CC2)CC(=O)c2ccccc2O3)cc1=O. The molecule has 1 amide bonds. The monoisotopic (exact) mass is 366 g/mol. The molecule has 1 unspecified atom stereocenters. The number of rotatable bonds is 1. The highest BCUT2D eigenvalue weighted by Crippen LogP contribution is 2.39. The van der Waals surface area contributed by atoms with Gasteiger partial charge in [0.15, 0.2) is 5.78 Å². The fourth-order valence-electron chi connectivity index (χ4n) is 3.96. The molecule has 1 aromatic carbocycles. The number of ketones is 1. The highest BCUT2D eigenvalue weighted by atomic mass is 16.5. The maximum atomic E-state index is 12.8. The zero-order valence-corrected chi connectivity index (χ0v) is 15.3. The van der Waals surface area contributed by atoms with E-state index in [0.717, 1.165) is 12.8 Å². The second-order valence-electron chi connectivity index (χ2n) is 7.39. The van der Waals surface area contributed by atoms with Crippen molar-refractivity contribution in [3.63, 3.8) is 0 Å². The molecule has 2 aliphatic rings. The Morgan fingerprint density at radius 2 is 1.93 bits per heavy atom. The van der Waals surface area contributed by atoms with Crippen LogP contribution in [-0.4, -0.2) is 39.8 Å². The molecule has 1 spiro atoms. The molecule has 27 heavy (non-hydrogen) atoms. The van der Waals surface area contributed by atoms with Crippen LogP contribution in [0.3, 0.4) is 0 Å². The Morgan fingerprint density at radius 1 is 1.11 bits per heavy atom. The lowest BCUT2D eigenvalue weighted by Crippen LogP contribution is -2.43. The average molecular weight is 366 g/mol. The number of fused-ring (bicyclic) bond motifs is 1. The van der Waals surface area contributed by atoms with Gasteiger partial charge < -0.3 is 14.2 Å². The number of ether oxygens (including phenoxy) is 1. The third-order valence-electron chi connectivity index (χ3n) is 5.53. The van der Waals surface area contributed by atoms with Crippen LogP contribution in [0, 0.1) is 0 Å². The minimum absolute atomic E-state index is 0.100. The highest BCUT2D eigenvalue weighted by molar-refractivity contribution is 6.00. The molecule has 2 aliphatic heterocycles. The Morgan fingerprint density at radius 3 is 2.74 bits per heavy atom. The Hall–Kier alpha value is -2.89. The van der Waals surface area contributed by atoms with Gasteiger partial charge in [-0.05, 0) is 31.0 Å². The maximum absolute atomic E-state index is 12.8. The van der Waals surface area contributed by atoms with E-state index in [1.165, 1.54) is 10.6 Å². The van der Waals surface area contributed by atoms with Crippen molar-refractivity contribution in [2.24, 2.45) is 7.05 Å². The standard InChI is InChI=1S/C21H22N2O4/c1-22-11-7-15(13-19(22)25)20(26)23-10-4-8-21(9-12-23)14-17(24)16-5-2-3-6-18(16)27-21/h2-3,5-7,11,13H,4,8-10,12,14H2,1H3. The van der Waals surface area contributed by atoms with Gasteiger partial charge in [0, 0.05) is 44.4 Å². The largest absolute Gasteiger partial charge is 0.486 e. The number of hydrogen-bond donors (Lipinski definition) is 0. The molecule has 1 atom stereocenters. The smallest absolute Gasteiger partial charge is 0.254 e. The lowest BCUT2D eigenvalue weighted by molar-refractivity contribution is 0.0300. The Kier molecular flexibility index (Phi) is 4.34. The Labute approximate surface area is 157 Å². The summed E-state index contributed by atoms with van der Waals surface area (Å²) in [6.07, 6.45) is 4.04. The van der Waals surface area contributed by atoms with Crippen LogP contribution < -0.4 is 10.3 Å². The van der Waals surface area contributed by atoms with Crippen molar-refractivity contribution in [2.45, 2.75) is 31.3 Å². The minimum atomic E-state index is -0.548. The Balaban J connectivity index is 1.53. The van der Waals surface area contributed by atoms with Crippen LogP contribution in [0.1, 0.15) is 46.4 Å². The molecule has 4 rings (SSSR count). The van der Waals surface area contributed by atoms with Crippen LogP contribution in [0.5, 0.6) is 5.75 Å². The molecule has 2 aromatic rings. The second kappa shape index (κ2) is 6.68. The first-order valence-corrected chi connectivity index (χ1v) is 9.25. The van der Waals surface area contributed by atoms with Gasteiger partial charge in [-0.15, -0.1) is 0 Å². The minimum Gasteiger partial charge on any atom is -0.486 e. The fourth-order valence-corrected chi connectivity index (χ4v) is 3.96.